The Morgan fingerprint density at radius 3 is 2.65 bits per heavy atom. The topological polar surface area (TPSA) is 147 Å². The van der Waals surface area contributed by atoms with E-state index in [9.17, 15) is 23.1 Å². The zero-order valence-corrected chi connectivity index (χ0v) is 27.8. The van der Waals surface area contributed by atoms with Crippen molar-refractivity contribution in [1.29, 1.82) is 0 Å². The van der Waals surface area contributed by atoms with E-state index in [1.807, 2.05) is 49.0 Å². The third-order valence-corrected chi connectivity index (χ3v) is 10.7. The Morgan fingerprint density at radius 2 is 1.96 bits per heavy atom. The van der Waals surface area contributed by atoms with Crippen molar-refractivity contribution in [2.45, 2.75) is 57.6 Å². The van der Waals surface area contributed by atoms with Gasteiger partial charge >= 0.3 is 0 Å². The van der Waals surface area contributed by atoms with Gasteiger partial charge in [-0.05, 0) is 50.6 Å². The molecule has 13 heteroatoms. The third kappa shape index (κ3) is 6.67. The minimum atomic E-state index is -3.96. The first kappa shape index (κ1) is 33.2. The van der Waals surface area contributed by atoms with E-state index < -0.39 is 22.2 Å². The van der Waals surface area contributed by atoms with Crippen LogP contribution in [0, 0.1) is 19.8 Å². The number of aliphatic hydroxyl groups is 1. The molecule has 3 heterocycles. The second-order valence-electron chi connectivity index (χ2n) is 12.2. The lowest BCUT2D eigenvalue weighted by molar-refractivity contribution is -0.134. The first-order chi connectivity index (χ1) is 21.8. The second kappa shape index (κ2) is 13.3. The summed E-state index contributed by atoms with van der Waals surface area (Å²) >= 11 is 0. The number of fused-ring (bicyclic) bond motifs is 2. The Labute approximate surface area is 269 Å². The molecule has 0 radical (unpaired) electrons. The number of aliphatic hydroxyl groups excluding tert-OH is 1. The van der Waals surface area contributed by atoms with Gasteiger partial charge in [-0.15, -0.1) is 0 Å². The van der Waals surface area contributed by atoms with E-state index in [2.05, 4.69) is 10.5 Å². The molecule has 2 amide bonds. The minimum absolute atomic E-state index is 0.0145. The van der Waals surface area contributed by atoms with E-state index in [0.29, 0.717) is 17.0 Å². The number of para-hydroxylation sites is 1. The van der Waals surface area contributed by atoms with E-state index in [1.165, 1.54) is 11.4 Å². The van der Waals surface area contributed by atoms with Crippen LogP contribution in [0.25, 0.3) is 10.9 Å². The molecule has 2 N–H and O–H groups in total. The van der Waals surface area contributed by atoms with Crippen LogP contribution in [0.1, 0.15) is 36.4 Å². The average molecular weight is 652 g/mol. The van der Waals surface area contributed by atoms with Gasteiger partial charge in [0.15, 0.2) is 5.76 Å². The van der Waals surface area contributed by atoms with Crippen molar-refractivity contribution in [3.63, 3.8) is 0 Å². The van der Waals surface area contributed by atoms with Crippen LogP contribution >= 0.6 is 0 Å². The molecular formula is C33H41N5O7S. The first-order valence-corrected chi connectivity index (χ1v) is 16.7. The predicted molar refractivity (Wildman–Crippen MR) is 173 cm³/mol. The number of aryl methyl sites for hydroxylation is 3. The van der Waals surface area contributed by atoms with Gasteiger partial charge in [0.05, 0.1) is 32.0 Å². The van der Waals surface area contributed by atoms with Crippen LogP contribution in [0.5, 0.6) is 5.75 Å². The summed E-state index contributed by atoms with van der Waals surface area (Å²) in [5, 5.41) is 17.7. The molecule has 0 saturated heterocycles. The number of carbonyl (C=O) groups is 2. The van der Waals surface area contributed by atoms with Crippen molar-refractivity contribution in [2.24, 2.45) is 13.0 Å². The molecule has 0 unspecified atom stereocenters. The molecular weight excluding hydrogens is 610 g/mol. The van der Waals surface area contributed by atoms with E-state index in [1.54, 1.807) is 43.9 Å². The van der Waals surface area contributed by atoms with Crippen LogP contribution in [-0.4, -0.2) is 83.2 Å². The molecule has 1 aliphatic heterocycles. The maximum atomic E-state index is 13.6. The number of sulfonamides is 1. The summed E-state index contributed by atoms with van der Waals surface area (Å²) < 4.78 is 41.9. The predicted octanol–water partition coefficient (Wildman–Crippen LogP) is 3.43. The Hall–Kier alpha value is -4.20. The number of hydrogen-bond acceptors (Lipinski definition) is 8. The summed E-state index contributed by atoms with van der Waals surface area (Å²) in [5.74, 6) is -0.124. The molecule has 0 spiro atoms. The molecule has 0 bridgehead atoms. The molecule has 2 aromatic heterocycles. The molecule has 12 nitrogen and oxygen atoms in total. The number of likely N-dealkylation sites (N-methyl/N-ethyl adjacent to an activating group) is 1. The number of aromatic nitrogens is 2. The number of nitrogens with one attached hydrogen (secondary N) is 1. The molecule has 4 aromatic rings. The lowest BCUT2D eigenvalue weighted by Crippen LogP contribution is -2.48. The van der Waals surface area contributed by atoms with Crippen LogP contribution in [0.2, 0.25) is 0 Å². The van der Waals surface area contributed by atoms with Crippen LogP contribution < -0.4 is 10.1 Å². The number of ether oxygens (including phenoxy) is 1. The molecule has 0 saturated carbocycles. The lowest BCUT2D eigenvalue weighted by Gasteiger charge is -2.33. The largest absolute Gasteiger partial charge is 0.488 e. The fourth-order valence-electron chi connectivity index (χ4n) is 6.02. The molecule has 3 atom stereocenters. The number of rotatable bonds is 9. The molecule has 1 aliphatic rings. The minimum Gasteiger partial charge on any atom is -0.488 e. The van der Waals surface area contributed by atoms with Crippen LogP contribution in [0.3, 0.4) is 0 Å². The van der Waals surface area contributed by atoms with Crippen molar-refractivity contribution in [3.8, 4) is 5.75 Å². The van der Waals surface area contributed by atoms with E-state index in [0.717, 1.165) is 16.5 Å². The summed E-state index contributed by atoms with van der Waals surface area (Å²) in [7, 11) is -0.551. The smallest absolute Gasteiger partial charge is 0.248 e. The fraction of sp³-hybridized carbons (Fsp3) is 0.424. The monoisotopic (exact) mass is 651 g/mol. The van der Waals surface area contributed by atoms with Crippen LogP contribution in [0.15, 0.2) is 58.1 Å². The molecule has 46 heavy (non-hydrogen) atoms. The van der Waals surface area contributed by atoms with Crippen molar-refractivity contribution in [3.05, 3.63) is 71.2 Å². The molecule has 5 rings (SSSR count). The lowest BCUT2D eigenvalue weighted by atomic mass is 10.0. The number of benzene rings is 2. The summed E-state index contributed by atoms with van der Waals surface area (Å²) in [5.41, 5.74) is 3.25. The Kier molecular flexibility index (Phi) is 9.57. The standard InChI is InChI=1S/C33H41N5O7S/c1-20-16-38(21(2)19-39)32(41)15-24-13-26(34-31(40)14-25-17-36(5)28-10-8-7-9-27(25)28)11-12-29(24)44-30(20)18-37(6)46(42,43)33-22(3)35-45-23(33)4/h7-13,17,20-21,30,39H,14-16,18-19H2,1-6H3,(H,34,40)/t20-,21+,30+/m1/s1. The fourth-order valence-corrected chi connectivity index (χ4v) is 7.49. The zero-order chi connectivity index (χ0) is 33.3. The number of hydrogen-bond donors (Lipinski definition) is 2. The maximum Gasteiger partial charge on any atom is 0.248 e. The maximum absolute atomic E-state index is 13.6. The van der Waals surface area contributed by atoms with Gasteiger partial charge in [0.2, 0.25) is 21.8 Å². The first-order valence-electron chi connectivity index (χ1n) is 15.2. The Bertz CT molecular complexity index is 1850. The molecule has 246 valence electrons. The number of nitrogens with zero attached hydrogens (tertiary/aromatic N) is 4. The summed E-state index contributed by atoms with van der Waals surface area (Å²) in [6, 6.07) is 12.5. The van der Waals surface area contributed by atoms with Gasteiger partial charge in [-0.2, -0.15) is 4.31 Å². The van der Waals surface area contributed by atoms with Gasteiger partial charge in [0, 0.05) is 54.9 Å². The van der Waals surface area contributed by atoms with Gasteiger partial charge in [-0.3, -0.25) is 9.59 Å². The highest BCUT2D eigenvalue weighted by molar-refractivity contribution is 7.89. The van der Waals surface area contributed by atoms with Crippen LogP contribution in [0.4, 0.5) is 5.69 Å². The van der Waals surface area contributed by atoms with Crippen LogP contribution in [-0.2, 0) is 39.5 Å². The second-order valence-corrected chi connectivity index (χ2v) is 14.1. The van der Waals surface area contributed by atoms with Crippen molar-refractivity contribution in [1.82, 2.24) is 18.9 Å². The molecule has 0 aliphatic carbocycles. The SMILES string of the molecule is Cc1noc(C)c1S(=O)(=O)N(C)C[C@@H]1Oc2ccc(NC(=O)Cc3cn(C)c4ccccc34)cc2CC(=O)N([C@@H](C)CO)C[C@H]1C. The third-order valence-electron chi connectivity index (χ3n) is 8.60. The highest BCUT2D eigenvalue weighted by Crippen LogP contribution is 2.31. The van der Waals surface area contributed by atoms with E-state index >= 15 is 0 Å². The summed E-state index contributed by atoms with van der Waals surface area (Å²) in [6.45, 7) is 6.76. The van der Waals surface area contributed by atoms with Crippen molar-refractivity contribution in [2.75, 3.05) is 32.1 Å². The zero-order valence-electron chi connectivity index (χ0n) is 27.0. The molecule has 0 fully saturated rings. The van der Waals surface area contributed by atoms with Gasteiger partial charge in [0.25, 0.3) is 0 Å². The highest BCUT2D eigenvalue weighted by Gasteiger charge is 2.35. The van der Waals surface area contributed by atoms with Gasteiger partial charge in [0.1, 0.15) is 22.4 Å². The number of carbonyl (C=O) groups excluding carboxylic acids is 2. The average Bonchev–Trinajstić information content (AvgIpc) is 3.53. The number of amides is 2. The van der Waals surface area contributed by atoms with Gasteiger partial charge in [-0.1, -0.05) is 30.3 Å². The Balaban J connectivity index is 1.42. The molecule has 2 aromatic carbocycles. The summed E-state index contributed by atoms with van der Waals surface area (Å²) in [6.07, 6.45) is 1.42. The highest BCUT2D eigenvalue weighted by atomic mass is 32.2. The van der Waals surface area contributed by atoms with Crippen molar-refractivity contribution < 1.29 is 32.4 Å². The normalized spacial score (nSPS) is 18.1. The number of anilines is 1. The quantitative estimate of drug-likeness (QED) is 0.280. The van der Waals surface area contributed by atoms with Crippen molar-refractivity contribution >= 4 is 38.4 Å². The Morgan fingerprint density at radius 1 is 1.22 bits per heavy atom. The van der Waals surface area contributed by atoms with E-state index in [-0.39, 0.29) is 66.6 Å². The van der Waals surface area contributed by atoms with E-state index in [4.69, 9.17) is 9.26 Å². The summed E-state index contributed by atoms with van der Waals surface area (Å²) in [4.78, 5) is 28.4. The van der Waals surface area contributed by atoms with Gasteiger partial charge < -0.3 is 29.2 Å². The van der Waals surface area contributed by atoms with Gasteiger partial charge in [-0.25, -0.2) is 8.42 Å².